The number of nitriles is 1. The second-order valence-electron chi connectivity index (χ2n) is 5.93. The van der Waals surface area contributed by atoms with Crippen LogP contribution < -0.4 is 5.32 Å². The van der Waals surface area contributed by atoms with Crippen molar-refractivity contribution in [2.24, 2.45) is 0 Å². The van der Waals surface area contributed by atoms with E-state index in [4.69, 9.17) is 0 Å². The first kappa shape index (κ1) is 15.8. The van der Waals surface area contributed by atoms with Crippen LogP contribution in [-0.4, -0.2) is 16.9 Å². The van der Waals surface area contributed by atoms with Gasteiger partial charge in [0.25, 0.3) is 5.91 Å². The van der Waals surface area contributed by atoms with Crippen LogP contribution in [-0.2, 0) is 4.79 Å². The van der Waals surface area contributed by atoms with Gasteiger partial charge in [-0.15, -0.1) is 0 Å². The Labute approximate surface area is 140 Å². The average molecular weight is 317 g/mol. The van der Waals surface area contributed by atoms with Crippen molar-refractivity contribution >= 4 is 33.8 Å². The smallest absolute Gasteiger partial charge is 0.262 e. The lowest BCUT2D eigenvalue weighted by Crippen LogP contribution is -2.32. The molecule has 0 fully saturated rings. The van der Waals surface area contributed by atoms with Crippen molar-refractivity contribution in [1.82, 2.24) is 10.3 Å². The minimum absolute atomic E-state index is 0.0466. The number of fused-ring (bicyclic) bond motifs is 3. The summed E-state index contributed by atoms with van der Waals surface area (Å²) in [5, 5.41) is 14.3. The van der Waals surface area contributed by atoms with Gasteiger partial charge in [-0.25, -0.2) is 0 Å². The molecular weight excluding hydrogens is 298 g/mol. The predicted octanol–water partition coefficient (Wildman–Crippen LogP) is 4.14. The van der Waals surface area contributed by atoms with Crippen molar-refractivity contribution in [3.8, 4) is 6.07 Å². The van der Waals surface area contributed by atoms with E-state index in [-0.39, 0.29) is 17.5 Å². The van der Waals surface area contributed by atoms with Gasteiger partial charge in [-0.2, -0.15) is 5.26 Å². The summed E-state index contributed by atoms with van der Waals surface area (Å²) < 4.78 is 0. The Hall–Kier alpha value is -3.06. The first-order valence-corrected chi connectivity index (χ1v) is 8.05. The zero-order valence-corrected chi connectivity index (χ0v) is 13.8. The highest BCUT2D eigenvalue weighted by Gasteiger charge is 2.12. The van der Waals surface area contributed by atoms with Crippen LogP contribution in [0.1, 0.15) is 25.8 Å². The Kier molecular flexibility index (Phi) is 4.35. The first-order chi connectivity index (χ1) is 11.6. The molecule has 1 atom stereocenters. The van der Waals surface area contributed by atoms with E-state index in [0.717, 1.165) is 33.8 Å². The molecule has 0 spiro atoms. The van der Waals surface area contributed by atoms with Crippen molar-refractivity contribution in [2.75, 3.05) is 0 Å². The van der Waals surface area contributed by atoms with Gasteiger partial charge in [0, 0.05) is 27.8 Å². The molecule has 120 valence electrons. The summed E-state index contributed by atoms with van der Waals surface area (Å²) in [5.74, 6) is -0.328. The maximum Gasteiger partial charge on any atom is 0.262 e. The number of para-hydroxylation sites is 1. The molecule has 3 rings (SSSR count). The summed E-state index contributed by atoms with van der Waals surface area (Å²) in [7, 11) is 0. The van der Waals surface area contributed by atoms with Gasteiger partial charge in [0.1, 0.15) is 11.6 Å². The van der Waals surface area contributed by atoms with Crippen molar-refractivity contribution < 1.29 is 4.79 Å². The molecule has 2 aromatic carbocycles. The molecule has 0 bridgehead atoms. The van der Waals surface area contributed by atoms with Crippen LogP contribution in [0.25, 0.3) is 27.9 Å². The van der Waals surface area contributed by atoms with Gasteiger partial charge in [0.05, 0.1) is 0 Å². The molecule has 4 nitrogen and oxygen atoms in total. The van der Waals surface area contributed by atoms with E-state index in [9.17, 15) is 10.1 Å². The number of carbonyl (C=O) groups is 1. The third-order valence-corrected chi connectivity index (χ3v) is 4.20. The van der Waals surface area contributed by atoms with Crippen molar-refractivity contribution in [1.29, 1.82) is 5.26 Å². The fourth-order valence-electron chi connectivity index (χ4n) is 2.67. The van der Waals surface area contributed by atoms with Crippen LogP contribution in [0.15, 0.2) is 48.0 Å². The van der Waals surface area contributed by atoms with Gasteiger partial charge in [0.2, 0.25) is 0 Å². The average Bonchev–Trinajstić information content (AvgIpc) is 2.97. The van der Waals surface area contributed by atoms with E-state index in [0.29, 0.717) is 0 Å². The van der Waals surface area contributed by atoms with Crippen molar-refractivity contribution in [2.45, 2.75) is 26.3 Å². The van der Waals surface area contributed by atoms with E-state index >= 15 is 0 Å². The van der Waals surface area contributed by atoms with Crippen LogP contribution in [0.3, 0.4) is 0 Å². The molecule has 0 aliphatic rings. The molecule has 1 heterocycles. The molecule has 0 aliphatic carbocycles. The van der Waals surface area contributed by atoms with Gasteiger partial charge in [-0.05, 0) is 43.2 Å². The molecule has 3 aromatic rings. The molecule has 1 aromatic heterocycles. The van der Waals surface area contributed by atoms with Crippen molar-refractivity contribution in [3.63, 3.8) is 0 Å². The third kappa shape index (κ3) is 3.02. The largest absolute Gasteiger partial charge is 0.355 e. The number of benzene rings is 2. The van der Waals surface area contributed by atoms with Gasteiger partial charge in [-0.3, -0.25) is 4.79 Å². The lowest BCUT2D eigenvalue weighted by Gasteiger charge is -2.10. The number of hydrogen-bond donors (Lipinski definition) is 2. The Morgan fingerprint density at radius 2 is 2.00 bits per heavy atom. The normalized spacial score (nSPS) is 13.0. The lowest BCUT2D eigenvalue weighted by atomic mass is 10.1. The van der Waals surface area contributed by atoms with E-state index in [1.54, 1.807) is 6.08 Å². The minimum Gasteiger partial charge on any atom is -0.355 e. The van der Waals surface area contributed by atoms with Crippen LogP contribution in [0.4, 0.5) is 0 Å². The number of hydrogen-bond acceptors (Lipinski definition) is 2. The van der Waals surface area contributed by atoms with E-state index < -0.39 is 0 Å². The SMILES string of the molecule is CC[C@@H](C)NC(=O)/C(C#N)=C/c1ccc2[nH]c3ccccc3c2c1. The summed E-state index contributed by atoms with van der Waals surface area (Å²) in [6.45, 7) is 3.91. The number of carbonyl (C=O) groups excluding carboxylic acids is 1. The second-order valence-corrected chi connectivity index (χ2v) is 5.93. The Morgan fingerprint density at radius 1 is 1.25 bits per heavy atom. The first-order valence-electron chi connectivity index (χ1n) is 8.05. The van der Waals surface area contributed by atoms with E-state index in [1.807, 2.05) is 56.3 Å². The number of amides is 1. The van der Waals surface area contributed by atoms with Crippen molar-refractivity contribution in [3.05, 3.63) is 53.6 Å². The third-order valence-electron chi connectivity index (χ3n) is 4.20. The molecule has 0 aliphatic heterocycles. The lowest BCUT2D eigenvalue weighted by molar-refractivity contribution is -0.117. The summed E-state index contributed by atoms with van der Waals surface area (Å²) >= 11 is 0. The van der Waals surface area contributed by atoms with E-state index in [1.165, 1.54) is 0 Å². The summed E-state index contributed by atoms with van der Waals surface area (Å²) in [6.07, 6.45) is 2.46. The number of nitrogens with zero attached hydrogens (tertiary/aromatic N) is 1. The predicted molar refractivity (Wildman–Crippen MR) is 97.3 cm³/mol. The highest BCUT2D eigenvalue weighted by atomic mass is 16.1. The quantitative estimate of drug-likeness (QED) is 0.561. The number of H-pyrrole nitrogens is 1. The molecule has 24 heavy (non-hydrogen) atoms. The van der Waals surface area contributed by atoms with Gasteiger partial charge >= 0.3 is 0 Å². The Morgan fingerprint density at radius 3 is 2.75 bits per heavy atom. The number of rotatable bonds is 4. The zero-order chi connectivity index (χ0) is 17.1. The van der Waals surface area contributed by atoms with Crippen LogP contribution in [0.5, 0.6) is 0 Å². The molecule has 4 heteroatoms. The second kappa shape index (κ2) is 6.59. The topological polar surface area (TPSA) is 68.7 Å². The summed E-state index contributed by atoms with van der Waals surface area (Å²) in [4.78, 5) is 15.5. The molecule has 0 saturated heterocycles. The number of aromatic nitrogens is 1. The van der Waals surface area contributed by atoms with Gasteiger partial charge < -0.3 is 10.3 Å². The summed E-state index contributed by atoms with van der Waals surface area (Å²) in [6, 6.07) is 16.0. The monoisotopic (exact) mass is 317 g/mol. The maximum atomic E-state index is 12.2. The molecule has 2 N–H and O–H groups in total. The van der Waals surface area contributed by atoms with Crippen LogP contribution in [0, 0.1) is 11.3 Å². The standard InChI is InChI=1S/C20H19N3O/c1-3-13(2)22-20(24)15(12-21)10-14-8-9-19-17(11-14)16-6-4-5-7-18(16)23-19/h4-11,13,23H,3H2,1-2H3,(H,22,24)/b15-10+/t13-/m1/s1. The van der Waals surface area contributed by atoms with Gasteiger partial charge in [0.15, 0.2) is 0 Å². The number of aromatic amines is 1. The fourth-order valence-corrected chi connectivity index (χ4v) is 2.67. The highest BCUT2D eigenvalue weighted by molar-refractivity contribution is 6.08. The summed E-state index contributed by atoms with van der Waals surface area (Å²) in [5.41, 5.74) is 3.07. The maximum absolute atomic E-state index is 12.2. The van der Waals surface area contributed by atoms with Gasteiger partial charge in [-0.1, -0.05) is 31.2 Å². The molecular formula is C20H19N3O. The Balaban J connectivity index is 2.00. The van der Waals surface area contributed by atoms with Crippen LogP contribution in [0.2, 0.25) is 0 Å². The molecule has 0 radical (unpaired) electrons. The number of nitrogens with one attached hydrogen (secondary N) is 2. The Bertz CT molecular complexity index is 975. The fraction of sp³-hybridized carbons (Fsp3) is 0.200. The molecule has 0 saturated carbocycles. The zero-order valence-electron chi connectivity index (χ0n) is 13.8. The highest BCUT2D eigenvalue weighted by Crippen LogP contribution is 2.26. The van der Waals surface area contributed by atoms with E-state index in [2.05, 4.69) is 16.4 Å². The molecule has 0 unspecified atom stereocenters. The van der Waals surface area contributed by atoms with Crippen LogP contribution >= 0.6 is 0 Å². The minimum atomic E-state index is -0.328. The molecule has 1 amide bonds.